The molecule has 0 aliphatic carbocycles. The smallest absolute Gasteiger partial charge is 0.258 e. The predicted molar refractivity (Wildman–Crippen MR) is 199 cm³/mol. The van der Waals surface area contributed by atoms with E-state index in [2.05, 4.69) is 31.1 Å². The van der Waals surface area contributed by atoms with Gasteiger partial charge in [-0.1, -0.05) is 81.8 Å². The molecule has 4 rings (SSSR count). The number of aryl methyl sites for hydroxylation is 4. The Bertz CT molecular complexity index is 1940. The summed E-state index contributed by atoms with van der Waals surface area (Å²) in [5.41, 5.74) is 5.78. The summed E-state index contributed by atoms with van der Waals surface area (Å²) in [6.07, 6.45) is 0. The monoisotopic (exact) mass is 752 g/mol. The molecule has 0 aliphatic heterocycles. The minimum atomic E-state index is -1.43. The third-order valence-electron chi connectivity index (χ3n) is 7.47. The fraction of sp³-hybridized carbons (Fsp3) is 0.222. The average molecular weight is 755 g/mol. The molecule has 0 fully saturated rings. The van der Waals surface area contributed by atoms with Crippen LogP contribution in [0.1, 0.15) is 36.1 Å². The van der Waals surface area contributed by atoms with Crippen LogP contribution in [-0.4, -0.2) is 35.5 Å². The van der Waals surface area contributed by atoms with E-state index in [4.69, 9.17) is 46.4 Å². The first-order valence-corrected chi connectivity index (χ1v) is 16.6. The van der Waals surface area contributed by atoms with Crippen LogP contribution in [0.4, 0.5) is 22.7 Å². The molecule has 0 saturated carbocycles. The van der Waals surface area contributed by atoms with Crippen molar-refractivity contribution in [3.05, 3.63) is 103 Å². The number of carbonyl (C=O) groups excluding carboxylic acids is 4. The number of Topliss-reactive ketones (excluding diaryl/α,β-unsaturated/α-hetero) is 2. The van der Waals surface area contributed by atoms with Gasteiger partial charge in [0.05, 0.1) is 20.1 Å². The summed E-state index contributed by atoms with van der Waals surface area (Å²) in [6.45, 7) is 10.0. The highest BCUT2D eigenvalue weighted by atomic mass is 35.5. The molecule has 2 amide bonds. The average Bonchev–Trinajstić information content (AvgIpc) is 3.02. The maximum atomic E-state index is 12.9. The van der Waals surface area contributed by atoms with E-state index in [0.717, 1.165) is 22.3 Å². The Morgan fingerprint density at radius 2 is 0.900 bits per heavy atom. The summed E-state index contributed by atoms with van der Waals surface area (Å²) in [5.74, 6) is -2.35. The second kappa shape index (κ2) is 16.5. The van der Waals surface area contributed by atoms with Crippen molar-refractivity contribution in [2.24, 2.45) is 20.5 Å². The number of ketones is 2. The molecule has 0 saturated heterocycles. The number of azo groups is 2. The molecule has 0 bridgehead atoms. The van der Waals surface area contributed by atoms with E-state index in [9.17, 15) is 19.2 Å². The van der Waals surface area contributed by atoms with E-state index in [0.29, 0.717) is 22.5 Å². The summed E-state index contributed by atoms with van der Waals surface area (Å²) in [4.78, 5) is 50.5. The van der Waals surface area contributed by atoms with E-state index in [1.807, 2.05) is 52.0 Å². The van der Waals surface area contributed by atoms with Crippen LogP contribution in [0, 0.1) is 27.7 Å². The van der Waals surface area contributed by atoms with Crippen molar-refractivity contribution in [2.75, 3.05) is 10.6 Å². The molecule has 0 aliphatic rings. The maximum Gasteiger partial charge on any atom is 0.258 e. The molecule has 0 spiro atoms. The maximum absolute atomic E-state index is 12.9. The standard InChI is InChI=1S/C36H32Cl4N6O4/c1-17-7-9-29(19(3)11-17)41-35(49)33(21(5)47)45-43-31-15-25(37)23(13-27(31)39)24-14-28(40)32(16-26(24)38)44-46-34(22(6)48)36(50)42-30-10-8-18(2)12-20(30)4/h7-16,33-34H,1-6H3,(H,41,49)(H,42,50)/b45-43+,46-44+. The molecule has 14 heteroatoms. The highest BCUT2D eigenvalue weighted by Crippen LogP contribution is 2.43. The summed E-state index contributed by atoms with van der Waals surface area (Å²) in [6, 6.07) is 13.9. The second-order valence-corrected chi connectivity index (χ2v) is 13.3. The quantitative estimate of drug-likeness (QED) is 0.116. The largest absolute Gasteiger partial charge is 0.324 e. The summed E-state index contributed by atoms with van der Waals surface area (Å²) >= 11 is 26.3. The lowest BCUT2D eigenvalue weighted by Gasteiger charge is -2.13. The molecular weight excluding hydrogens is 722 g/mol. The van der Waals surface area contributed by atoms with E-state index >= 15 is 0 Å². The number of amides is 2. The number of hydrogen-bond acceptors (Lipinski definition) is 8. The van der Waals surface area contributed by atoms with Crippen molar-refractivity contribution < 1.29 is 19.2 Å². The molecule has 0 heterocycles. The van der Waals surface area contributed by atoms with Gasteiger partial charge in [0.1, 0.15) is 11.4 Å². The molecule has 0 aromatic heterocycles. The molecule has 10 nitrogen and oxygen atoms in total. The lowest BCUT2D eigenvalue weighted by molar-refractivity contribution is -0.127. The topological polar surface area (TPSA) is 142 Å². The Balaban J connectivity index is 1.55. The van der Waals surface area contributed by atoms with E-state index < -0.39 is 35.5 Å². The van der Waals surface area contributed by atoms with Gasteiger partial charge in [-0.3, -0.25) is 19.2 Å². The summed E-state index contributed by atoms with van der Waals surface area (Å²) in [7, 11) is 0. The highest BCUT2D eigenvalue weighted by molar-refractivity contribution is 6.40. The van der Waals surface area contributed by atoms with Crippen molar-refractivity contribution in [2.45, 2.75) is 53.6 Å². The molecule has 4 aromatic rings. The zero-order valence-electron chi connectivity index (χ0n) is 27.9. The summed E-state index contributed by atoms with van der Waals surface area (Å²) in [5, 5.41) is 22.0. The molecule has 2 N–H and O–H groups in total. The minimum Gasteiger partial charge on any atom is -0.324 e. The number of carbonyl (C=O) groups is 4. The zero-order valence-corrected chi connectivity index (χ0v) is 30.9. The van der Waals surface area contributed by atoms with Gasteiger partial charge in [0, 0.05) is 22.5 Å². The van der Waals surface area contributed by atoms with Gasteiger partial charge in [-0.05, 0) is 89.1 Å². The molecule has 2 atom stereocenters. The van der Waals surface area contributed by atoms with E-state index in [1.165, 1.54) is 38.1 Å². The van der Waals surface area contributed by atoms with Crippen LogP contribution in [0.3, 0.4) is 0 Å². The highest BCUT2D eigenvalue weighted by Gasteiger charge is 2.25. The number of anilines is 2. The first-order chi connectivity index (χ1) is 23.5. The van der Waals surface area contributed by atoms with Crippen molar-refractivity contribution in [1.82, 2.24) is 0 Å². The van der Waals surface area contributed by atoms with Crippen LogP contribution in [0.15, 0.2) is 81.1 Å². The zero-order chi connectivity index (χ0) is 36.9. The lowest BCUT2D eigenvalue weighted by atomic mass is 10.0. The Kier molecular flexibility index (Phi) is 12.6. The second-order valence-electron chi connectivity index (χ2n) is 11.6. The van der Waals surface area contributed by atoms with Gasteiger partial charge in [-0.15, -0.1) is 0 Å². The van der Waals surface area contributed by atoms with Gasteiger partial charge in [-0.25, -0.2) is 0 Å². The van der Waals surface area contributed by atoms with Crippen LogP contribution < -0.4 is 10.6 Å². The van der Waals surface area contributed by atoms with E-state index in [-0.39, 0.29) is 31.5 Å². The molecule has 50 heavy (non-hydrogen) atoms. The normalized spacial score (nSPS) is 12.6. The third-order valence-corrected chi connectivity index (χ3v) is 8.70. The molecular formula is C36H32Cl4N6O4. The first kappa shape index (κ1) is 38.3. The molecule has 258 valence electrons. The van der Waals surface area contributed by atoms with Gasteiger partial charge in [-0.2, -0.15) is 20.5 Å². The van der Waals surface area contributed by atoms with Gasteiger partial charge in [0.15, 0.2) is 11.6 Å². The van der Waals surface area contributed by atoms with Gasteiger partial charge in [0.25, 0.3) is 11.8 Å². The Morgan fingerprint density at radius 3 is 1.22 bits per heavy atom. The molecule has 2 unspecified atom stereocenters. The lowest BCUT2D eigenvalue weighted by Crippen LogP contribution is -2.32. The van der Waals surface area contributed by atoms with Crippen LogP contribution in [0.5, 0.6) is 0 Å². The number of benzene rings is 4. The SMILES string of the molecule is CC(=O)C(/N=N/c1cc(Cl)c(-c2cc(Cl)c(/N=N/C(C(C)=O)C(=O)Nc3ccc(C)cc3C)cc2Cl)cc1Cl)C(=O)Nc1ccc(C)cc1C. The predicted octanol–water partition coefficient (Wildman–Crippen LogP) is 10.6. The number of nitrogens with zero attached hydrogens (tertiary/aromatic N) is 4. The van der Waals surface area contributed by atoms with Crippen LogP contribution in [0.2, 0.25) is 20.1 Å². The Hall–Kier alpha value is -4.48. The third kappa shape index (κ3) is 9.39. The number of rotatable bonds is 11. The van der Waals surface area contributed by atoms with E-state index in [1.54, 1.807) is 12.1 Å². The Morgan fingerprint density at radius 1 is 0.540 bits per heavy atom. The Labute approximate surface area is 309 Å². The van der Waals surface area contributed by atoms with Crippen molar-refractivity contribution in [3.8, 4) is 11.1 Å². The fourth-order valence-corrected chi connectivity index (χ4v) is 5.75. The van der Waals surface area contributed by atoms with Gasteiger partial charge in [0.2, 0.25) is 12.1 Å². The van der Waals surface area contributed by atoms with Crippen molar-refractivity contribution in [3.63, 3.8) is 0 Å². The van der Waals surface area contributed by atoms with Crippen LogP contribution in [-0.2, 0) is 19.2 Å². The molecule has 4 aromatic carbocycles. The first-order valence-electron chi connectivity index (χ1n) is 15.1. The summed E-state index contributed by atoms with van der Waals surface area (Å²) < 4.78 is 0. The number of hydrogen-bond donors (Lipinski definition) is 2. The molecule has 0 radical (unpaired) electrons. The fourth-order valence-electron chi connectivity index (χ4n) is 4.83. The van der Waals surface area contributed by atoms with Crippen LogP contribution in [0.25, 0.3) is 11.1 Å². The van der Waals surface area contributed by atoms with Crippen LogP contribution >= 0.6 is 46.4 Å². The number of halogens is 4. The van der Waals surface area contributed by atoms with Crippen molar-refractivity contribution in [1.29, 1.82) is 0 Å². The number of nitrogens with one attached hydrogen (secondary N) is 2. The van der Waals surface area contributed by atoms with Gasteiger partial charge < -0.3 is 10.6 Å². The van der Waals surface area contributed by atoms with Gasteiger partial charge >= 0.3 is 0 Å². The van der Waals surface area contributed by atoms with Crippen molar-refractivity contribution >= 4 is 92.5 Å². The minimum absolute atomic E-state index is 0.0975.